The molecule has 21 heavy (non-hydrogen) atoms. The van der Waals surface area contributed by atoms with Crippen molar-refractivity contribution in [2.45, 2.75) is 20.0 Å². The summed E-state index contributed by atoms with van der Waals surface area (Å²) in [5, 5.41) is 0.290. The van der Waals surface area contributed by atoms with Gasteiger partial charge >= 0.3 is 6.09 Å². The molecule has 0 fully saturated rings. The minimum absolute atomic E-state index is 0.0465. The zero-order valence-corrected chi connectivity index (χ0v) is 13.6. The van der Waals surface area contributed by atoms with E-state index in [9.17, 15) is 9.59 Å². The highest BCUT2D eigenvalue weighted by atomic mass is 79.9. The van der Waals surface area contributed by atoms with Crippen LogP contribution >= 0.6 is 15.9 Å². The molecule has 2 rings (SSSR count). The first-order chi connectivity index (χ1) is 10.2. The van der Waals surface area contributed by atoms with E-state index in [1.807, 2.05) is 37.3 Å². The van der Waals surface area contributed by atoms with Crippen molar-refractivity contribution in [2.24, 2.45) is 0 Å². The average Bonchev–Trinajstić information content (AvgIpc) is 2.97. The summed E-state index contributed by atoms with van der Waals surface area (Å²) in [6, 6.07) is 9.55. The summed E-state index contributed by atoms with van der Waals surface area (Å²) in [7, 11) is 0. The van der Waals surface area contributed by atoms with Gasteiger partial charge in [0.15, 0.2) is 5.78 Å². The summed E-state index contributed by atoms with van der Waals surface area (Å²) in [6.07, 6.45) is 0.401. The van der Waals surface area contributed by atoms with E-state index in [-0.39, 0.29) is 18.5 Å². The summed E-state index contributed by atoms with van der Waals surface area (Å²) in [6.45, 7) is 3.08. The van der Waals surface area contributed by atoms with E-state index in [0.717, 1.165) is 23.1 Å². The minimum atomic E-state index is -0.373. The molecule has 1 heterocycles. The van der Waals surface area contributed by atoms with E-state index in [4.69, 9.17) is 4.74 Å². The van der Waals surface area contributed by atoms with Gasteiger partial charge in [0.1, 0.15) is 6.61 Å². The third kappa shape index (κ3) is 3.94. The van der Waals surface area contributed by atoms with Crippen LogP contribution in [-0.2, 0) is 16.1 Å². The van der Waals surface area contributed by atoms with Crippen LogP contribution in [0, 0.1) is 0 Å². The molecule has 112 valence electrons. The van der Waals surface area contributed by atoms with Crippen LogP contribution in [0.25, 0.3) is 0 Å². The van der Waals surface area contributed by atoms with Crippen molar-refractivity contribution in [2.75, 3.05) is 18.4 Å². The number of alkyl halides is 1. The van der Waals surface area contributed by atoms with Crippen LogP contribution < -0.4 is 0 Å². The van der Waals surface area contributed by atoms with Crippen LogP contribution in [0.3, 0.4) is 0 Å². The highest BCUT2D eigenvalue weighted by Gasteiger charge is 2.28. The molecule has 5 heteroatoms. The average molecular weight is 352 g/mol. The number of amides is 1. The second-order valence-electron chi connectivity index (χ2n) is 4.89. The number of nitrogens with zero attached hydrogens (tertiary/aromatic N) is 1. The van der Waals surface area contributed by atoms with Gasteiger partial charge in [0.2, 0.25) is 0 Å². The summed E-state index contributed by atoms with van der Waals surface area (Å²) < 4.78 is 5.30. The first kappa shape index (κ1) is 15.8. The largest absolute Gasteiger partial charge is 0.445 e. The van der Waals surface area contributed by atoms with Crippen LogP contribution in [0.4, 0.5) is 4.79 Å². The fraction of sp³-hybridized carbons (Fsp3) is 0.375. The number of ether oxygens (including phenoxy) is 1. The molecule has 0 aliphatic carbocycles. The molecule has 0 N–H and O–H groups in total. The standard InChI is InChI=1S/C16H18BrNO3/c1-2-13-9-18(10-14(13)15(19)8-17)16(20)21-11-12-6-4-3-5-7-12/h3-7H,2,8-11H2,1H3. The third-order valence-electron chi connectivity index (χ3n) is 3.51. The first-order valence-electron chi connectivity index (χ1n) is 6.91. The quantitative estimate of drug-likeness (QED) is 0.764. The van der Waals surface area contributed by atoms with Crippen molar-refractivity contribution in [3.05, 3.63) is 47.0 Å². The molecule has 1 aliphatic rings. The zero-order valence-electron chi connectivity index (χ0n) is 12.0. The highest BCUT2D eigenvalue weighted by Crippen LogP contribution is 2.22. The van der Waals surface area contributed by atoms with Gasteiger partial charge < -0.3 is 4.74 Å². The van der Waals surface area contributed by atoms with Gasteiger partial charge in [-0.3, -0.25) is 9.69 Å². The normalized spacial score (nSPS) is 14.5. The number of carbonyl (C=O) groups is 2. The van der Waals surface area contributed by atoms with Crippen molar-refractivity contribution in [1.29, 1.82) is 0 Å². The lowest BCUT2D eigenvalue weighted by Crippen LogP contribution is -2.30. The van der Waals surface area contributed by atoms with E-state index in [1.165, 1.54) is 0 Å². The predicted molar refractivity (Wildman–Crippen MR) is 84.3 cm³/mol. The zero-order chi connectivity index (χ0) is 15.2. The van der Waals surface area contributed by atoms with E-state index in [1.54, 1.807) is 4.90 Å². The molecule has 4 nitrogen and oxygen atoms in total. The molecule has 0 bridgehead atoms. The van der Waals surface area contributed by atoms with Gasteiger partial charge in [-0.1, -0.05) is 53.2 Å². The van der Waals surface area contributed by atoms with Gasteiger partial charge in [-0.25, -0.2) is 4.79 Å². The van der Waals surface area contributed by atoms with Crippen molar-refractivity contribution in [3.8, 4) is 0 Å². The molecule has 1 aliphatic heterocycles. The number of halogens is 1. The van der Waals surface area contributed by atoms with Gasteiger partial charge in [-0.05, 0) is 17.6 Å². The van der Waals surface area contributed by atoms with Crippen LogP contribution in [-0.4, -0.2) is 35.2 Å². The Morgan fingerprint density at radius 1 is 1.24 bits per heavy atom. The number of rotatable bonds is 5. The maximum Gasteiger partial charge on any atom is 0.410 e. The molecule has 0 radical (unpaired) electrons. The Labute approximate surface area is 132 Å². The van der Waals surface area contributed by atoms with Crippen molar-refractivity contribution in [3.63, 3.8) is 0 Å². The Balaban J connectivity index is 1.92. The Bertz CT molecular complexity index is 554. The summed E-state index contributed by atoms with van der Waals surface area (Å²) >= 11 is 3.18. The maximum atomic E-state index is 12.1. The van der Waals surface area contributed by atoms with E-state index in [2.05, 4.69) is 15.9 Å². The molecular weight excluding hydrogens is 334 g/mol. The molecule has 0 spiro atoms. The molecular formula is C16H18BrNO3. The molecule has 1 amide bonds. The van der Waals surface area contributed by atoms with Crippen LogP contribution in [0.1, 0.15) is 18.9 Å². The lowest BCUT2D eigenvalue weighted by atomic mass is 10.1. The summed E-state index contributed by atoms with van der Waals surface area (Å²) in [4.78, 5) is 25.5. The lowest BCUT2D eigenvalue weighted by molar-refractivity contribution is -0.113. The predicted octanol–water partition coefficient (Wildman–Crippen LogP) is 3.31. The number of carbonyl (C=O) groups excluding carboxylic acids is 2. The molecule has 1 aromatic carbocycles. The minimum Gasteiger partial charge on any atom is -0.445 e. The number of ketones is 1. The van der Waals surface area contributed by atoms with E-state index < -0.39 is 0 Å². The fourth-order valence-corrected chi connectivity index (χ4v) is 2.65. The van der Waals surface area contributed by atoms with Crippen LogP contribution in [0.15, 0.2) is 41.5 Å². The molecule has 0 unspecified atom stereocenters. The molecule has 0 atom stereocenters. The molecule has 0 saturated carbocycles. The monoisotopic (exact) mass is 351 g/mol. The van der Waals surface area contributed by atoms with E-state index >= 15 is 0 Å². The third-order valence-corrected chi connectivity index (χ3v) is 4.01. The van der Waals surface area contributed by atoms with Crippen LogP contribution in [0.2, 0.25) is 0 Å². The Kier molecular flexibility index (Phi) is 5.56. The van der Waals surface area contributed by atoms with Gasteiger partial charge in [-0.15, -0.1) is 0 Å². The number of hydrogen-bond acceptors (Lipinski definition) is 3. The van der Waals surface area contributed by atoms with Gasteiger partial charge in [-0.2, -0.15) is 0 Å². The Morgan fingerprint density at radius 3 is 2.57 bits per heavy atom. The first-order valence-corrected chi connectivity index (χ1v) is 8.03. The van der Waals surface area contributed by atoms with Crippen molar-refractivity contribution >= 4 is 27.8 Å². The SMILES string of the molecule is CCC1=C(C(=O)CBr)CN(C(=O)OCc2ccccc2)C1. The Morgan fingerprint density at radius 2 is 1.95 bits per heavy atom. The van der Waals surface area contributed by atoms with Crippen LogP contribution in [0.5, 0.6) is 0 Å². The highest BCUT2D eigenvalue weighted by molar-refractivity contribution is 9.09. The van der Waals surface area contributed by atoms with Crippen molar-refractivity contribution in [1.82, 2.24) is 4.90 Å². The number of hydrogen-bond donors (Lipinski definition) is 0. The number of Topliss-reactive ketones (excluding diaryl/α,β-unsaturated/α-hetero) is 1. The number of benzene rings is 1. The summed E-state index contributed by atoms with van der Waals surface area (Å²) in [5.74, 6) is 0.0465. The van der Waals surface area contributed by atoms with E-state index in [0.29, 0.717) is 18.4 Å². The topological polar surface area (TPSA) is 46.6 Å². The molecule has 1 aromatic rings. The smallest absolute Gasteiger partial charge is 0.410 e. The van der Waals surface area contributed by atoms with Gasteiger partial charge in [0.25, 0.3) is 0 Å². The van der Waals surface area contributed by atoms with Gasteiger partial charge in [0.05, 0.1) is 11.9 Å². The lowest BCUT2D eigenvalue weighted by Gasteiger charge is -2.16. The maximum absolute atomic E-state index is 12.1. The molecule has 0 saturated heterocycles. The Hall–Kier alpha value is -1.62. The second kappa shape index (κ2) is 7.41. The van der Waals surface area contributed by atoms with Crippen molar-refractivity contribution < 1.29 is 14.3 Å². The summed E-state index contributed by atoms with van der Waals surface area (Å²) in [5.41, 5.74) is 2.72. The van der Waals surface area contributed by atoms with Gasteiger partial charge in [0, 0.05) is 12.1 Å². The second-order valence-corrected chi connectivity index (χ2v) is 5.45. The molecule has 0 aromatic heterocycles. The fourth-order valence-electron chi connectivity index (χ4n) is 2.32.